The number of rotatable bonds is 9. The third-order valence-corrected chi connectivity index (χ3v) is 5.90. The van der Waals surface area contributed by atoms with Crippen LogP contribution in [-0.4, -0.2) is 47.1 Å². The molecule has 9 heteroatoms. The van der Waals surface area contributed by atoms with Crippen LogP contribution in [0.1, 0.15) is 5.56 Å². The second kappa shape index (κ2) is 10.7. The quantitative estimate of drug-likeness (QED) is 0.196. The van der Waals surface area contributed by atoms with Gasteiger partial charge in [0.1, 0.15) is 28.8 Å². The van der Waals surface area contributed by atoms with Gasteiger partial charge in [0.05, 0.1) is 14.2 Å². The summed E-state index contributed by atoms with van der Waals surface area (Å²) < 4.78 is 16.3. The third kappa shape index (κ3) is 5.39. The summed E-state index contributed by atoms with van der Waals surface area (Å²) in [7, 11) is 3.11. The van der Waals surface area contributed by atoms with Crippen molar-refractivity contribution in [2.45, 2.75) is 5.16 Å². The molecule has 0 saturated carbocycles. The van der Waals surface area contributed by atoms with Gasteiger partial charge in [0.2, 0.25) is 5.16 Å². The largest absolute Gasteiger partial charge is 0.497 e. The molecule has 0 spiro atoms. The Morgan fingerprint density at radius 2 is 1.89 bits per heavy atom. The number of nitrogens with one attached hydrogen (secondary N) is 1. The van der Waals surface area contributed by atoms with Crippen LogP contribution in [0.3, 0.4) is 0 Å². The van der Waals surface area contributed by atoms with Crippen molar-refractivity contribution in [3.05, 3.63) is 65.1 Å². The molecule has 0 aliphatic carbocycles. The number of thioether (sulfide) groups is 1. The summed E-state index contributed by atoms with van der Waals surface area (Å²) in [5.41, 5.74) is 1.29. The summed E-state index contributed by atoms with van der Waals surface area (Å²) in [6.07, 6.45) is 6.90. The number of fused-ring (bicyclic) bond motifs is 1. The first-order chi connectivity index (χ1) is 17.0. The Balaban J connectivity index is 1.71. The summed E-state index contributed by atoms with van der Waals surface area (Å²) in [6, 6.07) is 16.6. The molecule has 0 bridgehead atoms. The van der Waals surface area contributed by atoms with Crippen molar-refractivity contribution in [2.75, 3.05) is 20.8 Å². The molecule has 4 aromatic rings. The Morgan fingerprint density at radius 3 is 2.57 bits per heavy atom. The standard InChI is InChI=1S/C26H21N3O5S/c1-4-11-34-22-10-9-16-7-5-6-8-20(16)21(22)15-23(25(30)31)35-26-27-24(28-29-26)17-12-18(32-2)14-19(13-17)33-3/h1,5-10,12-15H,11H2,2-3H3,(H,30,31)(H,27,28,29)/b23-15-. The van der Waals surface area contributed by atoms with E-state index in [4.69, 9.17) is 20.6 Å². The number of aromatic amines is 1. The highest BCUT2D eigenvalue weighted by Crippen LogP contribution is 2.35. The van der Waals surface area contributed by atoms with Gasteiger partial charge in [-0.25, -0.2) is 9.78 Å². The van der Waals surface area contributed by atoms with E-state index in [1.165, 1.54) is 0 Å². The summed E-state index contributed by atoms with van der Waals surface area (Å²) in [5.74, 6) is 3.42. The number of terminal acetylenes is 1. The second-order valence-electron chi connectivity index (χ2n) is 7.18. The Bertz CT molecular complexity index is 1430. The van der Waals surface area contributed by atoms with Crippen LogP contribution in [0.5, 0.6) is 17.2 Å². The Kier molecular flexibility index (Phi) is 7.24. The predicted molar refractivity (Wildman–Crippen MR) is 135 cm³/mol. The number of aromatic nitrogens is 3. The van der Waals surface area contributed by atoms with Gasteiger partial charge in [0.25, 0.3) is 0 Å². The fourth-order valence-electron chi connectivity index (χ4n) is 3.40. The van der Waals surface area contributed by atoms with E-state index in [9.17, 15) is 9.90 Å². The molecule has 0 saturated heterocycles. The number of carbonyl (C=O) groups is 1. The van der Waals surface area contributed by atoms with Crippen LogP contribution in [0.25, 0.3) is 28.2 Å². The SMILES string of the molecule is C#CCOc1ccc2ccccc2c1/C=C(\Sc1n[nH]c(-c2cc(OC)cc(OC)c2)n1)C(=O)O. The summed E-state index contributed by atoms with van der Waals surface area (Å²) in [6.45, 7) is 0.0585. The Labute approximate surface area is 205 Å². The van der Waals surface area contributed by atoms with Crippen LogP contribution in [0.2, 0.25) is 0 Å². The molecule has 0 unspecified atom stereocenters. The van der Waals surface area contributed by atoms with Gasteiger partial charge in [0.15, 0.2) is 5.82 Å². The number of benzene rings is 3. The second-order valence-corrected chi connectivity index (χ2v) is 8.18. The first-order valence-electron chi connectivity index (χ1n) is 10.4. The maximum atomic E-state index is 12.2. The number of nitrogens with zero attached hydrogens (tertiary/aromatic N) is 2. The van der Waals surface area contributed by atoms with Crippen molar-refractivity contribution < 1.29 is 24.1 Å². The van der Waals surface area contributed by atoms with E-state index in [2.05, 4.69) is 21.1 Å². The average Bonchev–Trinajstić information content (AvgIpc) is 3.36. The number of hydrogen-bond donors (Lipinski definition) is 2. The molecule has 0 aliphatic heterocycles. The molecular weight excluding hydrogens is 466 g/mol. The highest BCUT2D eigenvalue weighted by Gasteiger charge is 2.17. The molecule has 2 N–H and O–H groups in total. The van der Waals surface area contributed by atoms with Crippen molar-refractivity contribution in [1.82, 2.24) is 15.2 Å². The van der Waals surface area contributed by atoms with E-state index in [1.807, 2.05) is 30.3 Å². The van der Waals surface area contributed by atoms with Gasteiger partial charge in [-0.2, -0.15) is 0 Å². The summed E-state index contributed by atoms with van der Waals surface area (Å²) in [5, 5.41) is 19.0. The molecule has 0 amide bonds. The highest BCUT2D eigenvalue weighted by molar-refractivity contribution is 8.04. The zero-order valence-electron chi connectivity index (χ0n) is 18.9. The topological polar surface area (TPSA) is 107 Å². The molecule has 3 aromatic carbocycles. The van der Waals surface area contributed by atoms with E-state index < -0.39 is 5.97 Å². The molecule has 4 rings (SSSR count). The number of aliphatic carboxylic acids is 1. The van der Waals surface area contributed by atoms with Gasteiger partial charge < -0.3 is 19.3 Å². The third-order valence-electron chi connectivity index (χ3n) is 5.02. The molecule has 176 valence electrons. The van der Waals surface area contributed by atoms with Crippen LogP contribution >= 0.6 is 11.8 Å². The minimum Gasteiger partial charge on any atom is -0.497 e. The van der Waals surface area contributed by atoms with Gasteiger partial charge >= 0.3 is 5.97 Å². The van der Waals surface area contributed by atoms with Gasteiger partial charge in [-0.05, 0) is 46.8 Å². The van der Waals surface area contributed by atoms with Crippen LogP contribution < -0.4 is 14.2 Å². The van der Waals surface area contributed by atoms with Gasteiger partial charge in [-0.15, -0.1) is 11.5 Å². The zero-order valence-corrected chi connectivity index (χ0v) is 19.8. The van der Waals surface area contributed by atoms with Crippen molar-refractivity contribution >= 4 is 34.6 Å². The molecule has 1 heterocycles. The molecule has 0 aliphatic rings. The summed E-state index contributed by atoms with van der Waals surface area (Å²) in [4.78, 5) is 16.6. The maximum Gasteiger partial charge on any atom is 0.342 e. The molecule has 8 nitrogen and oxygen atoms in total. The average molecular weight is 488 g/mol. The molecule has 0 fully saturated rings. The van der Waals surface area contributed by atoms with Gasteiger partial charge in [0, 0.05) is 17.2 Å². The van der Waals surface area contributed by atoms with Gasteiger partial charge in [-0.3, -0.25) is 5.10 Å². The molecular formula is C26H21N3O5S. The van der Waals surface area contributed by atoms with Crippen molar-refractivity contribution in [1.29, 1.82) is 0 Å². The van der Waals surface area contributed by atoms with Gasteiger partial charge in [-0.1, -0.05) is 36.3 Å². The molecule has 0 radical (unpaired) electrons. The predicted octanol–water partition coefficient (Wildman–Crippen LogP) is 4.87. The minimum atomic E-state index is -1.12. The van der Waals surface area contributed by atoms with Crippen LogP contribution in [0, 0.1) is 12.3 Å². The lowest BCUT2D eigenvalue weighted by Gasteiger charge is -2.11. The van der Waals surface area contributed by atoms with Crippen molar-refractivity contribution in [3.8, 4) is 41.0 Å². The fraction of sp³-hybridized carbons (Fsp3) is 0.115. The minimum absolute atomic E-state index is 0.0145. The maximum absolute atomic E-state index is 12.2. The van der Waals surface area contributed by atoms with Crippen LogP contribution in [0.15, 0.2) is 64.7 Å². The smallest absolute Gasteiger partial charge is 0.342 e. The number of carboxylic acids is 1. The molecule has 35 heavy (non-hydrogen) atoms. The monoisotopic (exact) mass is 487 g/mol. The fourth-order valence-corrected chi connectivity index (χ4v) is 4.09. The van der Waals surface area contributed by atoms with Crippen LogP contribution in [-0.2, 0) is 4.79 Å². The summed E-state index contributed by atoms with van der Waals surface area (Å²) >= 11 is 0.918. The zero-order chi connectivity index (χ0) is 24.8. The number of ether oxygens (including phenoxy) is 3. The first kappa shape index (κ1) is 23.7. The molecule has 0 atom stereocenters. The number of methoxy groups -OCH3 is 2. The lowest BCUT2D eigenvalue weighted by Crippen LogP contribution is -2.00. The Hall–Kier alpha value is -4.42. The van der Waals surface area contributed by atoms with E-state index in [0.29, 0.717) is 34.2 Å². The van der Waals surface area contributed by atoms with Crippen molar-refractivity contribution in [2.24, 2.45) is 0 Å². The normalized spacial score (nSPS) is 11.2. The number of H-pyrrole nitrogens is 1. The van der Waals surface area contributed by atoms with Crippen LogP contribution in [0.4, 0.5) is 0 Å². The van der Waals surface area contributed by atoms with Crippen molar-refractivity contribution in [3.63, 3.8) is 0 Å². The highest BCUT2D eigenvalue weighted by atomic mass is 32.2. The lowest BCUT2D eigenvalue weighted by atomic mass is 10.0. The Morgan fingerprint density at radius 1 is 1.14 bits per heavy atom. The molecule has 1 aromatic heterocycles. The first-order valence-corrected chi connectivity index (χ1v) is 11.2. The van der Waals surface area contributed by atoms with E-state index in [0.717, 1.165) is 22.5 Å². The lowest BCUT2D eigenvalue weighted by molar-refractivity contribution is -0.131. The van der Waals surface area contributed by atoms with E-state index in [-0.39, 0.29) is 16.7 Å². The van der Waals surface area contributed by atoms with E-state index >= 15 is 0 Å². The van der Waals surface area contributed by atoms with E-state index in [1.54, 1.807) is 44.6 Å². The number of hydrogen-bond acceptors (Lipinski definition) is 7. The number of carboxylic acid groups (broad SMARTS) is 1.